The van der Waals surface area contributed by atoms with E-state index in [0.29, 0.717) is 11.6 Å². The Kier molecular flexibility index (Phi) is 5.22. The lowest BCUT2D eigenvalue weighted by Gasteiger charge is -2.17. The molecule has 0 aliphatic carbocycles. The summed E-state index contributed by atoms with van der Waals surface area (Å²) in [6.45, 7) is 4.23. The number of aryl methyl sites for hydroxylation is 2. The average molecular weight is 313 g/mol. The van der Waals surface area contributed by atoms with Crippen LogP contribution in [0, 0.1) is 6.92 Å². The van der Waals surface area contributed by atoms with Gasteiger partial charge in [-0.15, -0.1) is 11.6 Å². The lowest BCUT2D eigenvalue weighted by atomic mass is 10.2. The Hall–Kier alpha value is -0.870. The second kappa shape index (κ2) is 6.72. The Bertz CT molecular complexity index is 624. The SMILES string of the molecule is Cc1ccc2c(c1)nc(CCCl)n2C(C)CCS(C)=O. The van der Waals surface area contributed by atoms with Crippen molar-refractivity contribution in [1.29, 1.82) is 0 Å². The van der Waals surface area contributed by atoms with Gasteiger partial charge in [0, 0.05) is 41.2 Å². The van der Waals surface area contributed by atoms with Gasteiger partial charge >= 0.3 is 0 Å². The van der Waals surface area contributed by atoms with Crippen molar-refractivity contribution in [3.63, 3.8) is 0 Å². The van der Waals surface area contributed by atoms with Crippen LogP contribution in [0.5, 0.6) is 0 Å². The normalized spacial score (nSPS) is 14.6. The Morgan fingerprint density at radius 2 is 2.20 bits per heavy atom. The molecule has 5 heteroatoms. The van der Waals surface area contributed by atoms with E-state index in [0.717, 1.165) is 29.7 Å². The Balaban J connectivity index is 2.42. The third-order valence-corrected chi connectivity index (χ3v) is 4.50. The van der Waals surface area contributed by atoms with Crippen LogP contribution in [0.3, 0.4) is 0 Å². The predicted octanol–water partition coefficient (Wildman–Crippen LogP) is 3.46. The topological polar surface area (TPSA) is 34.9 Å². The van der Waals surface area contributed by atoms with Gasteiger partial charge in [-0.05, 0) is 38.0 Å². The van der Waals surface area contributed by atoms with Crippen LogP contribution in [0.2, 0.25) is 0 Å². The van der Waals surface area contributed by atoms with Crippen LogP contribution < -0.4 is 0 Å². The summed E-state index contributed by atoms with van der Waals surface area (Å²) < 4.78 is 13.6. The minimum atomic E-state index is -0.755. The van der Waals surface area contributed by atoms with Gasteiger partial charge in [-0.2, -0.15) is 0 Å². The zero-order valence-corrected chi connectivity index (χ0v) is 13.8. The molecule has 0 fully saturated rings. The molecular formula is C15H21ClN2OS. The van der Waals surface area contributed by atoms with Gasteiger partial charge in [0.15, 0.2) is 0 Å². The van der Waals surface area contributed by atoms with Crippen molar-refractivity contribution in [1.82, 2.24) is 9.55 Å². The highest BCUT2D eigenvalue weighted by Gasteiger charge is 2.15. The van der Waals surface area contributed by atoms with Gasteiger partial charge in [0.05, 0.1) is 11.0 Å². The molecule has 1 aromatic heterocycles. The van der Waals surface area contributed by atoms with E-state index in [4.69, 9.17) is 16.6 Å². The first-order valence-electron chi connectivity index (χ1n) is 6.86. The fourth-order valence-corrected chi connectivity index (χ4v) is 3.32. The fraction of sp³-hybridized carbons (Fsp3) is 0.533. The monoisotopic (exact) mass is 312 g/mol. The third kappa shape index (κ3) is 3.41. The molecule has 0 aliphatic rings. The van der Waals surface area contributed by atoms with Crippen molar-refractivity contribution in [2.24, 2.45) is 0 Å². The fourth-order valence-electron chi connectivity index (χ4n) is 2.48. The molecule has 0 spiro atoms. The number of alkyl halides is 1. The van der Waals surface area contributed by atoms with Crippen molar-refractivity contribution >= 4 is 33.4 Å². The zero-order valence-electron chi connectivity index (χ0n) is 12.2. The van der Waals surface area contributed by atoms with Gasteiger partial charge in [0.1, 0.15) is 5.82 Å². The van der Waals surface area contributed by atoms with Crippen molar-refractivity contribution in [3.8, 4) is 0 Å². The van der Waals surface area contributed by atoms with E-state index < -0.39 is 10.8 Å². The molecule has 1 heterocycles. The van der Waals surface area contributed by atoms with E-state index in [-0.39, 0.29) is 6.04 Å². The number of halogens is 1. The van der Waals surface area contributed by atoms with Crippen LogP contribution in [0.15, 0.2) is 18.2 Å². The summed E-state index contributed by atoms with van der Waals surface area (Å²) in [6, 6.07) is 6.61. The van der Waals surface area contributed by atoms with Gasteiger partial charge < -0.3 is 4.57 Å². The van der Waals surface area contributed by atoms with Gasteiger partial charge in [-0.3, -0.25) is 4.21 Å². The first-order valence-corrected chi connectivity index (χ1v) is 9.12. The van der Waals surface area contributed by atoms with Crippen molar-refractivity contribution in [2.45, 2.75) is 32.7 Å². The number of aromatic nitrogens is 2. The molecule has 2 rings (SSSR count). The molecule has 0 radical (unpaired) electrons. The average Bonchev–Trinajstić information content (AvgIpc) is 2.73. The smallest absolute Gasteiger partial charge is 0.111 e. The molecule has 0 saturated heterocycles. The first kappa shape index (κ1) is 15.5. The second-order valence-corrected chi connectivity index (χ2v) is 7.18. The molecule has 2 atom stereocenters. The minimum absolute atomic E-state index is 0.282. The quantitative estimate of drug-likeness (QED) is 0.766. The van der Waals surface area contributed by atoms with Gasteiger partial charge in [0.2, 0.25) is 0 Å². The highest BCUT2D eigenvalue weighted by atomic mass is 35.5. The Morgan fingerprint density at radius 1 is 1.45 bits per heavy atom. The number of rotatable bonds is 6. The standard InChI is InChI=1S/C15H21ClN2OS/c1-11-4-5-14-13(10-11)17-15(6-8-16)18(14)12(2)7-9-20(3)19/h4-5,10,12H,6-9H2,1-3H3. The van der Waals surface area contributed by atoms with Crippen LogP contribution in [0.1, 0.15) is 30.8 Å². The predicted molar refractivity (Wildman–Crippen MR) is 87.2 cm³/mol. The number of hydrogen-bond acceptors (Lipinski definition) is 2. The summed E-state index contributed by atoms with van der Waals surface area (Å²) in [6.07, 6.45) is 3.40. The summed E-state index contributed by atoms with van der Waals surface area (Å²) in [7, 11) is -0.755. The van der Waals surface area contributed by atoms with Crippen molar-refractivity contribution in [2.75, 3.05) is 17.9 Å². The molecule has 0 N–H and O–H groups in total. The first-order chi connectivity index (χ1) is 9.52. The molecule has 0 amide bonds. The molecule has 0 aliphatic heterocycles. The van der Waals surface area contributed by atoms with Crippen LogP contribution in [-0.4, -0.2) is 31.6 Å². The summed E-state index contributed by atoms with van der Waals surface area (Å²) in [4.78, 5) is 4.71. The number of fused-ring (bicyclic) bond motifs is 1. The molecule has 2 unspecified atom stereocenters. The maximum absolute atomic E-state index is 11.3. The molecule has 110 valence electrons. The van der Waals surface area contributed by atoms with Crippen LogP contribution in [-0.2, 0) is 17.2 Å². The maximum Gasteiger partial charge on any atom is 0.111 e. The van der Waals surface area contributed by atoms with E-state index in [2.05, 4.69) is 36.6 Å². The lowest BCUT2D eigenvalue weighted by molar-refractivity contribution is 0.525. The Morgan fingerprint density at radius 3 is 2.85 bits per heavy atom. The molecule has 3 nitrogen and oxygen atoms in total. The lowest BCUT2D eigenvalue weighted by Crippen LogP contribution is -2.12. The van der Waals surface area contributed by atoms with E-state index in [1.165, 1.54) is 5.56 Å². The molecule has 20 heavy (non-hydrogen) atoms. The molecular weight excluding hydrogens is 292 g/mol. The molecule has 1 aromatic carbocycles. The summed E-state index contributed by atoms with van der Waals surface area (Å²) >= 11 is 5.90. The molecule has 0 bridgehead atoms. The Labute approximate surface area is 127 Å². The highest BCUT2D eigenvalue weighted by molar-refractivity contribution is 7.84. The van der Waals surface area contributed by atoms with Gasteiger partial charge in [-0.25, -0.2) is 4.98 Å². The van der Waals surface area contributed by atoms with Crippen molar-refractivity contribution in [3.05, 3.63) is 29.6 Å². The zero-order chi connectivity index (χ0) is 14.7. The number of nitrogens with zero attached hydrogens (tertiary/aromatic N) is 2. The third-order valence-electron chi connectivity index (χ3n) is 3.50. The minimum Gasteiger partial charge on any atom is -0.325 e. The summed E-state index contributed by atoms with van der Waals surface area (Å²) in [5.74, 6) is 2.30. The van der Waals surface area contributed by atoms with E-state index in [9.17, 15) is 4.21 Å². The van der Waals surface area contributed by atoms with Crippen molar-refractivity contribution < 1.29 is 4.21 Å². The second-order valence-electron chi connectivity index (χ2n) is 5.24. The van der Waals surface area contributed by atoms with Crippen LogP contribution in [0.4, 0.5) is 0 Å². The number of imidazole rings is 1. The largest absolute Gasteiger partial charge is 0.325 e. The van der Waals surface area contributed by atoms with Gasteiger partial charge in [0.25, 0.3) is 0 Å². The van der Waals surface area contributed by atoms with E-state index in [1.54, 1.807) is 6.26 Å². The number of hydrogen-bond donors (Lipinski definition) is 0. The summed E-state index contributed by atoms with van der Waals surface area (Å²) in [5, 5.41) is 0. The van der Waals surface area contributed by atoms with E-state index >= 15 is 0 Å². The highest BCUT2D eigenvalue weighted by Crippen LogP contribution is 2.24. The van der Waals surface area contributed by atoms with Crippen LogP contribution >= 0.6 is 11.6 Å². The summed E-state index contributed by atoms with van der Waals surface area (Å²) in [5.41, 5.74) is 3.38. The van der Waals surface area contributed by atoms with Crippen LogP contribution in [0.25, 0.3) is 11.0 Å². The van der Waals surface area contributed by atoms with Gasteiger partial charge in [-0.1, -0.05) is 6.07 Å². The van der Waals surface area contributed by atoms with E-state index in [1.807, 2.05) is 0 Å². The molecule has 0 saturated carbocycles. The maximum atomic E-state index is 11.3. The number of benzene rings is 1. The molecule has 2 aromatic rings.